The molecular weight excluding hydrogens is 464 g/mol. The lowest BCUT2D eigenvalue weighted by molar-refractivity contribution is -0.145. The number of alkyl carbamates (subject to hydrolysis) is 1. The summed E-state index contributed by atoms with van der Waals surface area (Å²) in [5, 5.41) is 14.7. The summed E-state index contributed by atoms with van der Waals surface area (Å²) in [5.74, 6) is -1.91. The third kappa shape index (κ3) is 9.20. The number of nitrogens with one attached hydrogen (secondary N) is 2. The first kappa shape index (κ1) is 26.8. The second kappa shape index (κ2) is 13.3. The van der Waals surface area contributed by atoms with Crippen LogP contribution in [0.2, 0.25) is 0 Å². The molecule has 0 unspecified atom stereocenters. The van der Waals surface area contributed by atoms with Crippen LogP contribution in [0.4, 0.5) is 4.79 Å². The molecule has 2 aromatic carbocycles. The number of hydrogen-bond acceptors (Lipinski definition) is 8. The number of ether oxygens (including phenoxy) is 2. The predicted molar refractivity (Wildman–Crippen MR) is 122 cm³/mol. The zero-order valence-electron chi connectivity index (χ0n) is 18.7. The van der Waals surface area contributed by atoms with Crippen molar-refractivity contribution in [2.75, 3.05) is 19.4 Å². The Kier molecular flexibility index (Phi) is 10.5. The Bertz CT molecular complexity index is 1050. The van der Waals surface area contributed by atoms with Gasteiger partial charge in [-0.3, -0.25) is 4.79 Å². The van der Waals surface area contributed by atoms with Crippen LogP contribution in [-0.4, -0.2) is 63.0 Å². The molecular formula is C23H28N2O8S. The Balaban J connectivity index is 1.79. The lowest BCUT2D eigenvalue weighted by Crippen LogP contribution is -2.44. The molecule has 0 aromatic heterocycles. The summed E-state index contributed by atoms with van der Waals surface area (Å²) in [6.07, 6.45) is -2.66. The summed E-state index contributed by atoms with van der Waals surface area (Å²) in [6.45, 7) is -0.206. The van der Waals surface area contributed by atoms with E-state index in [4.69, 9.17) is 4.74 Å². The fourth-order valence-electron chi connectivity index (χ4n) is 2.92. The van der Waals surface area contributed by atoms with Gasteiger partial charge in [-0.05, 0) is 24.1 Å². The average Bonchev–Trinajstić information content (AvgIpc) is 2.84. The zero-order chi connectivity index (χ0) is 25.0. The minimum absolute atomic E-state index is 0.0515. The summed E-state index contributed by atoms with van der Waals surface area (Å²) < 4.78 is 34.6. The van der Waals surface area contributed by atoms with Gasteiger partial charge in [-0.25, -0.2) is 18.0 Å². The van der Waals surface area contributed by atoms with Crippen molar-refractivity contribution in [1.29, 1.82) is 0 Å². The number of amides is 2. The van der Waals surface area contributed by atoms with E-state index in [1.54, 1.807) is 42.5 Å². The van der Waals surface area contributed by atoms with Crippen LogP contribution in [0.5, 0.6) is 0 Å². The van der Waals surface area contributed by atoms with Crippen molar-refractivity contribution >= 4 is 27.8 Å². The van der Waals surface area contributed by atoms with Gasteiger partial charge in [0.25, 0.3) is 0 Å². The third-order valence-electron chi connectivity index (χ3n) is 4.71. The molecule has 0 aliphatic rings. The van der Waals surface area contributed by atoms with Gasteiger partial charge in [0.1, 0.15) is 12.6 Å². The molecule has 0 fully saturated rings. The highest BCUT2D eigenvalue weighted by Gasteiger charge is 2.26. The van der Waals surface area contributed by atoms with E-state index in [0.717, 1.165) is 12.7 Å². The predicted octanol–water partition coefficient (Wildman–Crippen LogP) is 1.19. The minimum atomic E-state index is -3.67. The third-order valence-corrected chi connectivity index (χ3v) is 6.48. The van der Waals surface area contributed by atoms with Gasteiger partial charge in [-0.1, -0.05) is 48.5 Å². The van der Waals surface area contributed by atoms with E-state index in [1.807, 2.05) is 6.07 Å². The van der Waals surface area contributed by atoms with Crippen molar-refractivity contribution in [1.82, 2.24) is 10.6 Å². The van der Waals surface area contributed by atoms with E-state index in [0.29, 0.717) is 0 Å². The van der Waals surface area contributed by atoms with Crippen LogP contribution >= 0.6 is 0 Å². The molecule has 0 saturated carbocycles. The molecule has 2 amide bonds. The van der Waals surface area contributed by atoms with Crippen molar-refractivity contribution in [3.8, 4) is 0 Å². The number of methoxy groups -OCH3 is 1. The van der Waals surface area contributed by atoms with Gasteiger partial charge in [0.15, 0.2) is 9.84 Å². The van der Waals surface area contributed by atoms with E-state index in [2.05, 4.69) is 15.4 Å². The summed E-state index contributed by atoms with van der Waals surface area (Å²) in [4.78, 5) is 36.1. The molecule has 0 aliphatic heterocycles. The lowest BCUT2D eigenvalue weighted by Gasteiger charge is -2.18. The minimum Gasteiger partial charge on any atom is -0.467 e. The average molecular weight is 493 g/mol. The Morgan fingerprint density at radius 1 is 1.00 bits per heavy atom. The molecule has 11 heteroatoms. The Morgan fingerprint density at radius 2 is 1.62 bits per heavy atom. The molecule has 2 aromatic rings. The maximum Gasteiger partial charge on any atom is 0.407 e. The number of esters is 1. The van der Waals surface area contributed by atoms with Gasteiger partial charge in [0.05, 0.1) is 30.3 Å². The number of aliphatic hydroxyl groups excluding tert-OH is 1. The fourth-order valence-corrected chi connectivity index (χ4v) is 4.28. The van der Waals surface area contributed by atoms with E-state index in [9.17, 15) is 27.9 Å². The van der Waals surface area contributed by atoms with Crippen LogP contribution in [0.3, 0.4) is 0 Å². The Morgan fingerprint density at radius 3 is 2.24 bits per heavy atom. The summed E-state index contributed by atoms with van der Waals surface area (Å²) in [7, 11) is -2.55. The topological polar surface area (TPSA) is 148 Å². The molecule has 2 atom stereocenters. The number of carbonyl (C=O) groups is 3. The molecule has 2 rings (SSSR count). The maximum absolute atomic E-state index is 12.4. The van der Waals surface area contributed by atoms with Crippen LogP contribution in [-0.2, 0) is 35.5 Å². The number of sulfone groups is 1. The highest BCUT2D eigenvalue weighted by atomic mass is 32.2. The second-order valence-corrected chi connectivity index (χ2v) is 9.47. The maximum atomic E-state index is 12.4. The van der Waals surface area contributed by atoms with Crippen LogP contribution in [0.25, 0.3) is 0 Å². The number of benzene rings is 2. The normalized spacial score (nSPS) is 12.8. The molecule has 0 aliphatic carbocycles. The number of hydrogen-bond donors (Lipinski definition) is 3. The molecule has 0 radical (unpaired) electrons. The van der Waals surface area contributed by atoms with Crippen LogP contribution < -0.4 is 10.6 Å². The Hall–Kier alpha value is -3.44. The number of rotatable bonds is 12. The molecule has 3 N–H and O–H groups in total. The van der Waals surface area contributed by atoms with Gasteiger partial charge in [0, 0.05) is 6.54 Å². The molecule has 34 heavy (non-hydrogen) atoms. The first-order chi connectivity index (χ1) is 16.2. The van der Waals surface area contributed by atoms with Crippen molar-refractivity contribution in [2.45, 2.75) is 36.5 Å². The molecule has 0 saturated heterocycles. The van der Waals surface area contributed by atoms with Gasteiger partial charge >= 0.3 is 12.1 Å². The number of carbonyl (C=O) groups excluding carboxylic acids is 3. The van der Waals surface area contributed by atoms with Gasteiger partial charge in [-0.15, -0.1) is 0 Å². The van der Waals surface area contributed by atoms with Gasteiger partial charge in [-0.2, -0.15) is 0 Å². The van der Waals surface area contributed by atoms with Crippen molar-refractivity contribution in [3.63, 3.8) is 0 Å². The smallest absolute Gasteiger partial charge is 0.407 e. The summed E-state index contributed by atoms with van der Waals surface area (Å²) in [6, 6.07) is 15.5. The molecule has 184 valence electrons. The van der Waals surface area contributed by atoms with Crippen LogP contribution in [0.1, 0.15) is 18.4 Å². The standard InChI is InChI=1S/C23H28N2O8S/c1-32-22(28)20(12-13-34(30,31)19-10-6-3-7-11-19)25-21(27)14-18(26)15-24-23(29)33-16-17-8-4-2-5-9-17/h2-11,18,20,26H,12-16H2,1H3,(H,24,29)(H,25,27)/t18-,20+/m1/s1. The first-order valence-corrected chi connectivity index (χ1v) is 12.1. The second-order valence-electron chi connectivity index (χ2n) is 7.36. The van der Waals surface area contributed by atoms with E-state index in [1.165, 1.54) is 12.1 Å². The first-order valence-electron chi connectivity index (χ1n) is 10.5. The summed E-state index contributed by atoms with van der Waals surface area (Å²) >= 11 is 0. The quantitative estimate of drug-likeness (QED) is 0.374. The molecule has 0 bridgehead atoms. The largest absolute Gasteiger partial charge is 0.467 e. The number of aliphatic hydroxyl groups is 1. The zero-order valence-corrected chi connectivity index (χ0v) is 19.5. The van der Waals surface area contributed by atoms with Crippen molar-refractivity contribution < 1.29 is 37.4 Å². The SMILES string of the molecule is COC(=O)[C@H](CCS(=O)(=O)c1ccccc1)NC(=O)C[C@@H](O)CNC(=O)OCc1ccccc1. The molecule has 0 heterocycles. The lowest BCUT2D eigenvalue weighted by atomic mass is 10.2. The van der Waals surface area contributed by atoms with Gasteiger partial charge in [0.2, 0.25) is 5.91 Å². The van der Waals surface area contributed by atoms with Gasteiger partial charge < -0.3 is 25.2 Å². The Labute approximate surface area is 198 Å². The van der Waals surface area contributed by atoms with Crippen LogP contribution in [0, 0.1) is 0 Å². The molecule has 10 nitrogen and oxygen atoms in total. The monoisotopic (exact) mass is 492 g/mol. The summed E-state index contributed by atoms with van der Waals surface area (Å²) in [5.41, 5.74) is 0.792. The highest BCUT2D eigenvalue weighted by Crippen LogP contribution is 2.12. The van der Waals surface area contributed by atoms with E-state index in [-0.39, 0.29) is 24.5 Å². The molecule has 0 spiro atoms. The van der Waals surface area contributed by atoms with Crippen molar-refractivity contribution in [2.24, 2.45) is 0 Å². The van der Waals surface area contributed by atoms with E-state index >= 15 is 0 Å². The van der Waals surface area contributed by atoms with E-state index < -0.39 is 52.1 Å². The fraction of sp³-hybridized carbons (Fsp3) is 0.348. The van der Waals surface area contributed by atoms with Crippen LogP contribution in [0.15, 0.2) is 65.6 Å². The highest BCUT2D eigenvalue weighted by molar-refractivity contribution is 7.91. The van der Waals surface area contributed by atoms with Crippen molar-refractivity contribution in [3.05, 3.63) is 66.2 Å².